The molecule has 0 saturated carbocycles. The third kappa shape index (κ3) is 4.28. The largest absolute Gasteiger partial charge is 0.494 e. The van der Waals surface area contributed by atoms with Gasteiger partial charge in [-0.05, 0) is 49.1 Å². The van der Waals surface area contributed by atoms with Gasteiger partial charge in [-0.25, -0.2) is 0 Å². The fourth-order valence-corrected chi connectivity index (χ4v) is 3.55. The highest BCUT2D eigenvalue weighted by Crippen LogP contribution is 2.33. The van der Waals surface area contributed by atoms with Gasteiger partial charge in [0.25, 0.3) is 0 Å². The summed E-state index contributed by atoms with van der Waals surface area (Å²) in [6.07, 6.45) is 1.34. The first-order chi connectivity index (χ1) is 12.1. The Labute approximate surface area is 157 Å². The Hall–Kier alpha value is -1.71. The Balaban J connectivity index is 1.77. The SMILES string of the molecule is CCOc1ccccc1C[C@H]1COC(=O)[C@@H]1Cc1ccc(Cl)c(Cl)c1. The van der Waals surface area contributed by atoms with Crippen LogP contribution in [0, 0.1) is 11.8 Å². The minimum Gasteiger partial charge on any atom is -0.494 e. The van der Waals surface area contributed by atoms with E-state index in [0.29, 0.717) is 29.7 Å². The minimum atomic E-state index is -0.188. The summed E-state index contributed by atoms with van der Waals surface area (Å²) in [5.41, 5.74) is 2.09. The fourth-order valence-electron chi connectivity index (χ4n) is 3.23. The van der Waals surface area contributed by atoms with Crippen molar-refractivity contribution in [3.63, 3.8) is 0 Å². The van der Waals surface area contributed by atoms with Gasteiger partial charge < -0.3 is 9.47 Å². The Kier molecular flexibility index (Phi) is 5.87. The molecule has 2 aromatic carbocycles. The topological polar surface area (TPSA) is 35.5 Å². The van der Waals surface area contributed by atoms with E-state index in [2.05, 4.69) is 0 Å². The Morgan fingerprint density at radius 2 is 1.92 bits per heavy atom. The molecule has 1 heterocycles. The van der Waals surface area contributed by atoms with Crippen molar-refractivity contribution in [3.8, 4) is 5.75 Å². The quantitative estimate of drug-likeness (QED) is 0.665. The lowest BCUT2D eigenvalue weighted by molar-refractivity contribution is -0.141. The fraction of sp³-hybridized carbons (Fsp3) is 0.350. The van der Waals surface area contributed by atoms with Crippen molar-refractivity contribution >= 4 is 29.2 Å². The number of halogens is 2. The predicted molar refractivity (Wildman–Crippen MR) is 99.4 cm³/mol. The maximum absolute atomic E-state index is 12.2. The van der Waals surface area contributed by atoms with Gasteiger partial charge in [-0.15, -0.1) is 0 Å². The molecule has 1 saturated heterocycles. The van der Waals surface area contributed by atoms with E-state index in [9.17, 15) is 4.79 Å². The summed E-state index contributed by atoms with van der Waals surface area (Å²) in [6.45, 7) is 3.02. The van der Waals surface area contributed by atoms with Crippen LogP contribution in [0.4, 0.5) is 0 Å². The van der Waals surface area contributed by atoms with Gasteiger partial charge in [0.2, 0.25) is 0 Å². The highest BCUT2D eigenvalue weighted by atomic mass is 35.5. The second kappa shape index (κ2) is 8.11. The van der Waals surface area contributed by atoms with E-state index in [1.165, 1.54) is 0 Å². The molecule has 0 unspecified atom stereocenters. The number of hydrogen-bond acceptors (Lipinski definition) is 3. The lowest BCUT2D eigenvalue weighted by atomic mass is 9.85. The van der Waals surface area contributed by atoms with Gasteiger partial charge in [-0.3, -0.25) is 4.79 Å². The molecule has 2 aromatic rings. The van der Waals surface area contributed by atoms with Crippen LogP contribution in [0.1, 0.15) is 18.1 Å². The smallest absolute Gasteiger partial charge is 0.309 e. The molecular formula is C20H20Cl2O3. The molecule has 2 atom stereocenters. The van der Waals surface area contributed by atoms with Crippen LogP contribution in [0.25, 0.3) is 0 Å². The molecule has 0 radical (unpaired) electrons. The standard InChI is InChI=1S/C20H20Cl2O3/c1-2-24-19-6-4-3-5-14(19)11-15-12-25-20(23)16(15)9-13-7-8-17(21)18(22)10-13/h3-8,10,15-16H,2,9,11-12H2,1H3/t15-,16+/m0/s1. The van der Waals surface area contributed by atoms with E-state index in [1.54, 1.807) is 6.07 Å². The van der Waals surface area contributed by atoms with E-state index in [4.69, 9.17) is 32.7 Å². The normalized spacial score (nSPS) is 19.7. The van der Waals surface area contributed by atoms with Crippen molar-refractivity contribution in [2.45, 2.75) is 19.8 Å². The summed E-state index contributed by atoms with van der Waals surface area (Å²) in [5, 5.41) is 1.02. The van der Waals surface area contributed by atoms with Crippen LogP contribution >= 0.6 is 23.2 Å². The third-order valence-corrected chi connectivity index (χ3v) is 5.24. The molecule has 5 heteroatoms. The summed E-state index contributed by atoms with van der Waals surface area (Å²) in [4.78, 5) is 12.2. The number of ether oxygens (including phenoxy) is 2. The highest BCUT2D eigenvalue weighted by Gasteiger charge is 2.37. The Morgan fingerprint density at radius 3 is 2.68 bits per heavy atom. The van der Waals surface area contributed by atoms with Crippen molar-refractivity contribution in [3.05, 3.63) is 63.6 Å². The predicted octanol–water partition coefficient (Wildman–Crippen LogP) is 4.97. The zero-order valence-electron chi connectivity index (χ0n) is 14.0. The van der Waals surface area contributed by atoms with E-state index in [0.717, 1.165) is 23.3 Å². The van der Waals surface area contributed by atoms with Crippen LogP contribution in [-0.2, 0) is 22.4 Å². The number of hydrogen-bond donors (Lipinski definition) is 0. The molecule has 1 fully saturated rings. The molecule has 25 heavy (non-hydrogen) atoms. The molecule has 1 aliphatic heterocycles. The van der Waals surface area contributed by atoms with Crippen LogP contribution in [0.15, 0.2) is 42.5 Å². The molecule has 3 rings (SSSR count). The number of rotatable bonds is 6. The molecule has 3 nitrogen and oxygen atoms in total. The lowest BCUT2D eigenvalue weighted by Gasteiger charge is -2.17. The first-order valence-electron chi connectivity index (χ1n) is 8.39. The lowest BCUT2D eigenvalue weighted by Crippen LogP contribution is -2.21. The van der Waals surface area contributed by atoms with Gasteiger partial charge in [0.05, 0.1) is 29.2 Å². The molecular weight excluding hydrogens is 359 g/mol. The summed E-state index contributed by atoms with van der Waals surface area (Å²) in [6, 6.07) is 13.4. The van der Waals surface area contributed by atoms with Crippen LogP contribution < -0.4 is 4.74 Å². The number of carbonyl (C=O) groups excluding carboxylic acids is 1. The van der Waals surface area contributed by atoms with Crippen molar-refractivity contribution in [1.82, 2.24) is 0 Å². The minimum absolute atomic E-state index is 0.114. The second-order valence-electron chi connectivity index (χ2n) is 6.19. The van der Waals surface area contributed by atoms with E-state index in [-0.39, 0.29) is 17.8 Å². The Bertz CT molecular complexity index is 760. The number of cyclic esters (lactones) is 1. The molecule has 0 spiro atoms. The van der Waals surface area contributed by atoms with Crippen LogP contribution in [0.5, 0.6) is 5.75 Å². The molecule has 1 aliphatic rings. The second-order valence-corrected chi connectivity index (χ2v) is 7.01. The molecule has 0 aromatic heterocycles. The molecule has 0 amide bonds. The number of esters is 1. The van der Waals surface area contributed by atoms with E-state index < -0.39 is 0 Å². The van der Waals surface area contributed by atoms with E-state index in [1.807, 2.05) is 43.3 Å². The molecule has 0 N–H and O–H groups in total. The maximum atomic E-state index is 12.2. The zero-order chi connectivity index (χ0) is 17.8. The van der Waals surface area contributed by atoms with Crippen molar-refractivity contribution in [2.24, 2.45) is 11.8 Å². The van der Waals surface area contributed by atoms with Crippen LogP contribution in [-0.4, -0.2) is 19.2 Å². The van der Waals surface area contributed by atoms with Gasteiger partial charge in [0, 0.05) is 5.92 Å². The summed E-state index contributed by atoms with van der Waals surface area (Å²) in [7, 11) is 0. The van der Waals surface area contributed by atoms with Gasteiger partial charge in [0.15, 0.2) is 0 Å². The molecule has 0 aliphatic carbocycles. The van der Waals surface area contributed by atoms with Crippen molar-refractivity contribution < 1.29 is 14.3 Å². The summed E-state index contributed by atoms with van der Waals surface area (Å²) >= 11 is 12.1. The monoisotopic (exact) mass is 378 g/mol. The number of para-hydroxylation sites is 1. The van der Waals surface area contributed by atoms with Gasteiger partial charge in [-0.1, -0.05) is 47.5 Å². The van der Waals surface area contributed by atoms with Crippen LogP contribution in [0.3, 0.4) is 0 Å². The van der Waals surface area contributed by atoms with Gasteiger partial charge in [-0.2, -0.15) is 0 Å². The average molecular weight is 379 g/mol. The number of benzene rings is 2. The number of carbonyl (C=O) groups is 1. The van der Waals surface area contributed by atoms with Crippen LogP contribution in [0.2, 0.25) is 10.0 Å². The molecule has 132 valence electrons. The Morgan fingerprint density at radius 1 is 1.12 bits per heavy atom. The van der Waals surface area contributed by atoms with Crippen molar-refractivity contribution in [1.29, 1.82) is 0 Å². The zero-order valence-corrected chi connectivity index (χ0v) is 15.5. The molecule has 0 bridgehead atoms. The summed E-state index contributed by atoms with van der Waals surface area (Å²) < 4.78 is 11.0. The first kappa shape index (κ1) is 18.1. The van der Waals surface area contributed by atoms with E-state index >= 15 is 0 Å². The third-order valence-electron chi connectivity index (χ3n) is 4.51. The van der Waals surface area contributed by atoms with Crippen molar-refractivity contribution in [2.75, 3.05) is 13.2 Å². The average Bonchev–Trinajstić information content (AvgIpc) is 2.93. The first-order valence-corrected chi connectivity index (χ1v) is 9.15. The summed E-state index contributed by atoms with van der Waals surface area (Å²) in [5.74, 6) is 0.651. The highest BCUT2D eigenvalue weighted by molar-refractivity contribution is 6.42. The van der Waals surface area contributed by atoms with Gasteiger partial charge in [0.1, 0.15) is 5.75 Å². The van der Waals surface area contributed by atoms with Gasteiger partial charge >= 0.3 is 5.97 Å². The maximum Gasteiger partial charge on any atom is 0.309 e.